The van der Waals surface area contributed by atoms with Gasteiger partial charge in [-0.3, -0.25) is 0 Å². The standard InChI is InChI=1S/C23H38O3/c1-4-25-21(24)15-26-17-9-13-23(3)16(14-17)7-8-18-19-6-5-11-22(19,2)12-10-20(18)23/h16-20H,4-15H2,1-3H3/t16-,17+,18+,19-,20+,22-,23-/m0/s1. The van der Waals surface area contributed by atoms with Gasteiger partial charge in [-0.15, -0.1) is 0 Å². The molecule has 0 aromatic rings. The normalized spacial score (nSPS) is 47.6. The van der Waals surface area contributed by atoms with Gasteiger partial charge in [-0.1, -0.05) is 20.3 Å². The largest absolute Gasteiger partial charge is 0.464 e. The third-order valence-corrected chi connectivity index (χ3v) is 9.14. The lowest BCUT2D eigenvalue weighted by molar-refractivity contribution is -0.157. The number of esters is 1. The summed E-state index contributed by atoms with van der Waals surface area (Å²) in [5, 5.41) is 0. The molecule has 4 aliphatic carbocycles. The molecule has 0 aromatic heterocycles. The maximum atomic E-state index is 11.6. The SMILES string of the molecule is CCOC(=O)CO[C@@H]1CC[C@@]2(C)[C@@H](CC[C@H]3[C@H]2CC[C@]2(C)CCC[C@@H]32)C1. The van der Waals surface area contributed by atoms with E-state index in [2.05, 4.69) is 13.8 Å². The fourth-order valence-corrected chi connectivity index (χ4v) is 7.75. The fourth-order valence-electron chi connectivity index (χ4n) is 7.75. The van der Waals surface area contributed by atoms with Crippen LogP contribution in [0.2, 0.25) is 0 Å². The second-order valence-corrected chi connectivity index (χ2v) is 10.3. The molecule has 4 aliphatic rings. The number of carbonyl (C=O) groups excluding carboxylic acids is 1. The molecule has 0 radical (unpaired) electrons. The molecule has 7 atom stereocenters. The molecule has 0 saturated heterocycles. The highest BCUT2D eigenvalue weighted by Crippen LogP contribution is 2.66. The Kier molecular flexibility index (Phi) is 5.14. The third-order valence-electron chi connectivity index (χ3n) is 9.14. The summed E-state index contributed by atoms with van der Waals surface area (Å²) in [6.45, 7) is 7.62. The highest BCUT2D eigenvalue weighted by molar-refractivity contribution is 5.70. The molecule has 0 aromatic carbocycles. The van der Waals surface area contributed by atoms with E-state index in [1.54, 1.807) is 0 Å². The highest BCUT2D eigenvalue weighted by Gasteiger charge is 2.57. The number of hydrogen-bond acceptors (Lipinski definition) is 3. The lowest BCUT2D eigenvalue weighted by Gasteiger charge is -2.60. The van der Waals surface area contributed by atoms with Crippen LogP contribution in [0.1, 0.15) is 85.0 Å². The van der Waals surface area contributed by atoms with Gasteiger partial charge in [0.1, 0.15) is 6.61 Å². The zero-order valence-corrected chi connectivity index (χ0v) is 17.1. The molecule has 3 nitrogen and oxygen atoms in total. The van der Waals surface area contributed by atoms with E-state index in [9.17, 15) is 4.79 Å². The van der Waals surface area contributed by atoms with Crippen molar-refractivity contribution in [1.29, 1.82) is 0 Å². The van der Waals surface area contributed by atoms with Crippen molar-refractivity contribution in [3.8, 4) is 0 Å². The summed E-state index contributed by atoms with van der Waals surface area (Å²) in [6.07, 6.45) is 14.0. The van der Waals surface area contributed by atoms with E-state index in [4.69, 9.17) is 9.47 Å². The van der Waals surface area contributed by atoms with Gasteiger partial charge in [-0.25, -0.2) is 4.79 Å². The minimum atomic E-state index is -0.211. The van der Waals surface area contributed by atoms with Gasteiger partial charge in [-0.2, -0.15) is 0 Å². The van der Waals surface area contributed by atoms with E-state index in [1.807, 2.05) is 6.92 Å². The van der Waals surface area contributed by atoms with Gasteiger partial charge in [0.2, 0.25) is 0 Å². The predicted molar refractivity (Wildman–Crippen MR) is 103 cm³/mol. The van der Waals surface area contributed by atoms with Crippen LogP contribution in [0.4, 0.5) is 0 Å². The second kappa shape index (κ2) is 7.11. The first kappa shape index (κ1) is 18.8. The minimum Gasteiger partial charge on any atom is -0.464 e. The topological polar surface area (TPSA) is 35.5 Å². The number of rotatable bonds is 4. The fraction of sp³-hybridized carbons (Fsp3) is 0.957. The van der Waals surface area contributed by atoms with Crippen molar-refractivity contribution < 1.29 is 14.3 Å². The van der Waals surface area contributed by atoms with Crippen LogP contribution in [0.15, 0.2) is 0 Å². The van der Waals surface area contributed by atoms with E-state index in [0.29, 0.717) is 17.4 Å². The molecule has 0 spiro atoms. The number of hydrogen-bond donors (Lipinski definition) is 0. The molecule has 148 valence electrons. The summed E-state index contributed by atoms with van der Waals surface area (Å²) >= 11 is 0. The van der Waals surface area contributed by atoms with Gasteiger partial charge in [0.05, 0.1) is 12.7 Å². The Hall–Kier alpha value is -0.570. The molecule has 0 unspecified atom stereocenters. The molecule has 0 heterocycles. The van der Waals surface area contributed by atoms with Crippen LogP contribution in [-0.2, 0) is 14.3 Å². The number of carbonyl (C=O) groups is 1. The van der Waals surface area contributed by atoms with Crippen molar-refractivity contribution in [1.82, 2.24) is 0 Å². The van der Waals surface area contributed by atoms with Crippen molar-refractivity contribution in [3.05, 3.63) is 0 Å². The van der Waals surface area contributed by atoms with Gasteiger partial charge in [0.15, 0.2) is 0 Å². The lowest BCUT2D eigenvalue weighted by Crippen LogP contribution is -2.53. The molecule has 4 saturated carbocycles. The van der Waals surface area contributed by atoms with Crippen LogP contribution in [-0.4, -0.2) is 25.3 Å². The highest BCUT2D eigenvalue weighted by atomic mass is 16.6. The number of ether oxygens (including phenoxy) is 2. The van der Waals surface area contributed by atoms with Gasteiger partial charge in [0.25, 0.3) is 0 Å². The van der Waals surface area contributed by atoms with E-state index >= 15 is 0 Å². The molecular formula is C23H38O3. The minimum absolute atomic E-state index is 0.133. The lowest BCUT2D eigenvalue weighted by atomic mass is 9.45. The third kappa shape index (κ3) is 3.12. The van der Waals surface area contributed by atoms with Crippen molar-refractivity contribution in [2.45, 2.75) is 91.1 Å². The Bertz CT molecular complexity index is 532. The maximum Gasteiger partial charge on any atom is 0.332 e. The van der Waals surface area contributed by atoms with E-state index in [0.717, 1.165) is 36.5 Å². The van der Waals surface area contributed by atoms with Gasteiger partial charge < -0.3 is 9.47 Å². The Labute approximate surface area is 159 Å². The first-order valence-electron chi connectivity index (χ1n) is 11.2. The monoisotopic (exact) mass is 362 g/mol. The van der Waals surface area contributed by atoms with E-state index in [-0.39, 0.29) is 18.7 Å². The zero-order chi connectivity index (χ0) is 18.4. The van der Waals surface area contributed by atoms with Crippen molar-refractivity contribution >= 4 is 5.97 Å². The Morgan fingerprint density at radius 1 is 1.00 bits per heavy atom. The summed E-state index contributed by atoms with van der Waals surface area (Å²) in [6, 6.07) is 0. The Morgan fingerprint density at radius 2 is 1.85 bits per heavy atom. The molecule has 4 rings (SSSR count). The summed E-state index contributed by atoms with van der Waals surface area (Å²) < 4.78 is 11.0. The van der Waals surface area contributed by atoms with Crippen molar-refractivity contribution in [2.24, 2.45) is 34.5 Å². The van der Waals surface area contributed by atoms with E-state index in [1.165, 1.54) is 51.4 Å². The molecule has 0 aliphatic heterocycles. The quantitative estimate of drug-likeness (QED) is 0.631. The summed E-state index contributed by atoms with van der Waals surface area (Å²) in [5.41, 5.74) is 1.17. The molecule has 0 N–H and O–H groups in total. The van der Waals surface area contributed by atoms with Crippen LogP contribution >= 0.6 is 0 Å². The summed E-state index contributed by atoms with van der Waals surface area (Å²) in [7, 11) is 0. The predicted octanol–water partition coefficient (Wildman–Crippen LogP) is 5.37. The van der Waals surface area contributed by atoms with Crippen LogP contribution in [0.5, 0.6) is 0 Å². The van der Waals surface area contributed by atoms with Crippen molar-refractivity contribution in [2.75, 3.05) is 13.2 Å². The molecule has 3 heteroatoms. The first-order chi connectivity index (χ1) is 12.5. The molecular weight excluding hydrogens is 324 g/mol. The Morgan fingerprint density at radius 3 is 2.65 bits per heavy atom. The van der Waals surface area contributed by atoms with Crippen LogP contribution in [0.25, 0.3) is 0 Å². The average Bonchev–Trinajstić information content (AvgIpc) is 3.02. The average molecular weight is 363 g/mol. The van der Waals surface area contributed by atoms with Crippen LogP contribution in [0.3, 0.4) is 0 Å². The van der Waals surface area contributed by atoms with Gasteiger partial charge >= 0.3 is 5.97 Å². The molecule has 0 amide bonds. The second-order valence-electron chi connectivity index (χ2n) is 10.3. The van der Waals surface area contributed by atoms with Gasteiger partial charge in [0, 0.05) is 0 Å². The van der Waals surface area contributed by atoms with Crippen LogP contribution in [0, 0.1) is 34.5 Å². The smallest absolute Gasteiger partial charge is 0.332 e. The van der Waals surface area contributed by atoms with Crippen molar-refractivity contribution in [3.63, 3.8) is 0 Å². The first-order valence-corrected chi connectivity index (χ1v) is 11.2. The summed E-state index contributed by atoms with van der Waals surface area (Å²) in [5.74, 6) is 3.49. The molecule has 0 bridgehead atoms. The maximum absolute atomic E-state index is 11.6. The summed E-state index contributed by atoms with van der Waals surface area (Å²) in [4.78, 5) is 11.6. The molecule has 4 fully saturated rings. The molecule has 26 heavy (non-hydrogen) atoms. The van der Waals surface area contributed by atoms with Gasteiger partial charge in [-0.05, 0) is 99.2 Å². The van der Waals surface area contributed by atoms with E-state index < -0.39 is 0 Å². The zero-order valence-electron chi connectivity index (χ0n) is 17.1. The number of fused-ring (bicyclic) bond motifs is 5. The van der Waals surface area contributed by atoms with Crippen LogP contribution < -0.4 is 0 Å². The Balaban J connectivity index is 1.40.